The Labute approximate surface area is 134 Å². The third kappa shape index (κ3) is 13.5. The zero-order valence-electron chi connectivity index (χ0n) is 15.0. The van der Waals surface area contributed by atoms with E-state index in [0.717, 1.165) is 25.5 Å². The Morgan fingerprint density at radius 2 is 1.52 bits per heavy atom. The molecule has 0 heterocycles. The van der Waals surface area contributed by atoms with Gasteiger partial charge in [0.05, 0.1) is 12.9 Å². The van der Waals surface area contributed by atoms with Crippen LogP contribution in [0.25, 0.3) is 0 Å². The minimum atomic E-state index is -2.00. The molecule has 0 aromatic rings. The first kappa shape index (κ1) is 21.1. The molecule has 0 N–H and O–H groups in total. The molecule has 0 bridgehead atoms. The topological polar surface area (TPSA) is 36.9 Å². The second-order valence-corrected chi connectivity index (χ2v) is 20.0. The first-order valence-electron chi connectivity index (χ1n) is 7.68. The molecule has 0 saturated carbocycles. The average molecular weight is 351 g/mol. The molecule has 0 fully saturated rings. The molecule has 0 atom stereocenters. The number of unbranched alkanes of at least 4 members (excludes halogenated alkanes) is 1. The fraction of sp³-hybridized carbons (Fsp3) is 0.857. The van der Waals surface area contributed by atoms with Gasteiger partial charge in [-0.1, -0.05) is 13.0 Å². The van der Waals surface area contributed by atoms with Gasteiger partial charge in [-0.3, -0.25) is 0 Å². The van der Waals surface area contributed by atoms with Crippen LogP contribution in [0.1, 0.15) is 12.8 Å². The first-order chi connectivity index (χ1) is 9.47. The van der Waals surface area contributed by atoms with Gasteiger partial charge in [0.2, 0.25) is 0 Å². The Morgan fingerprint density at radius 1 is 0.905 bits per heavy atom. The lowest BCUT2D eigenvalue weighted by molar-refractivity contribution is -0.0119. The Kier molecular flexibility index (Phi) is 9.29. The maximum Gasteiger partial charge on any atom is 0.311 e. The second kappa shape index (κ2) is 9.26. The van der Waals surface area contributed by atoms with E-state index >= 15 is 0 Å². The molecule has 0 aliphatic rings. The van der Waals surface area contributed by atoms with Crippen molar-refractivity contribution in [3.05, 3.63) is 12.8 Å². The van der Waals surface area contributed by atoms with Crippen molar-refractivity contribution in [3.8, 4) is 0 Å². The third-order valence-electron chi connectivity index (χ3n) is 2.66. The Hall–Kier alpha value is 0.0706. The van der Waals surface area contributed by atoms with Gasteiger partial charge in [0.25, 0.3) is 0 Å². The molecule has 126 valence electrons. The van der Waals surface area contributed by atoms with E-state index in [2.05, 4.69) is 52.4 Å². The van der Waals surface area contributed by atoms with Gasteiger partial charge >= 0.3 is 8.56 Å². The fourth-order valence-electron chi connectivity index (χ4n) is 2.38. The summed E-state index contributed by atoms with van der Waals surface area (Å²) in [6.45, 7) is 20.1. The van der Waals surface area contributed by atoms with Crippen molar-refractivity contribution in [2.24, 2.45) is 0 Å². The summed E-state index contributed by atoms with van der Waals surface area (Å²) in [7, 11) is -5.19. The van der Waals surface area contributed by atoms with Gasteiger partial charge in [0.15, 0.2) is 23.4 Å². The van der Waals surface area contributed by atoms with E-state index in [9.17, 15) is 0 Å². The Balaban J connectivity index is 3.99. The van der Waals surface area contributed by atoms with Crippen molar-refractivity contribution >= 4 is 25.2 Å². The summed E-state index contributed by atoms with van der Waals surface area (Å²) in [6.07, 6.45) is 3.57. The highest BCUT2D eigenvalue weighted by Gasteiger charge is 2.37. The normalized spacial score (nSPS) is 13.3. The highest BCUT2D eigenvalue weighted by Crippen LogP contribution is 2.24. The largest absolute Gasteiger partial charge is 0.476 e. The second-order valence-electron chi connectivity index (χ2n) is 7.29. The molecule has 7 heteroatoms. The first-order valence-corrected chi connectivity index (χ1v) is 17.0. The van der Waals surface area contributed by atoms with Crippen LogP contribution < -0.4 is 0 Å². The van der Waals surface area contributed by atoms with Gasteiger partial charge in [0, 0.05) is 0 Å². The number of ether oxygens (including phenoxy) is 2. The van der Waals surface area contributed by atoms with Crippen LogP contribution in [0.2, 0.25) is 51.9 Å². The van der Waals surface area contributed by atoms with Crippen LogP contribution in [0.5, 0.6) is 0 Å². The van der Waals surface area contributed by atoms with Gasteiger partial charge in [-0.2, -0.15) is 0 Å². The zero-order chi connectivity index (χ0) is 16.6. The molecule has 0 radical (unpaired) electrons. The maximum absolute atomic E-state index is 6.46. The van der Waals surface area contributed by atoms with Crippen molar-refractivity contribution in [2.75, 3.05) is 13.4 Å². The predicted molar refractivity (Wildman–Crippen MR) is 96.6 cm³/mol. The van der Waals surface area contributed by atoms with Crippen LogP contribution in [0, 0.1) is 0 Å². The fourth-order valence-corrected chi connectivity index (χ4v) is 15.7. The lowest BCUT2D eigenvalue weighted by Crippen LogP contribution is -2.51. The summed E-state index contributed by atoms with van der Waals surface area (Å²) in [5.74, 6) is 0. The Morgan fingerprint density at radius 3 is 2.05 bits per heavy atom. The summed E-state index contributed by atoms with van der Waals surface area (Å²) in [6, 6.07) is 1.14. The minimum absolute atomic E-state index is 0.296. The van der Waals surface area contributed by atoms with E-state index < -0.39 is 25.2 Å². The number of hydrogen-bond acceptors (Lipinski definition) is 4. The molecule has 0 aliphatic carbocycles. The third-order valence-corrected chi connectivity index (χ3v) is 12.8. The van der Waals surface area contributed by atoms with E-state index in [1.807, 2.05) is 0 Å². The lowest BCUT2D eigenvalue weighted by Gasteiger charge is -2.37. The maximum atomic E-state index is 6.46. The SMILES string of the molecule is C=COCOCCCC[Si](C)(C)O[Si](C)(C)O[Si](C)(C)C. The van der Waals surface area contributed by atoms with Crippen LogP contribution in [0.4, 0.5) is 0 Å². The van der Waals surface area contributed by atoms with Crippen LogP contribution >= 0.6 is 0 Å². The molecule has 0 unspecified atom stereocenters. The summed E-state index contributed by atoms with van der Waals surface area (Å²) >= 11 is 0. The van der Waals surface area contributed by atoms with E-state index in [1.165, 1.54) is 6.26 Å². The predicted octanol–water partition coefficient (Wildman–Crippen LogP) is 4.68. The molecule has 0 aromatic carbocycles. The smallest absolute Gasteiger partial charge is 0.311 e. The molecule has 0 spiro atoms. The molecule has 21 heavy (non-hydrogen) atoms. The van der Waals surface area contributed by atoms with Crippen molar-refractivity contribution in [3.63, 3.8) is 0 Å². The Bertz CT molecular complexity index is 301. The molecule has 0 amide bonds. The summed E-state index contributed by atoms with van der Waals surface area (Å²) in [5, 5.41) is 0. The summed E-state index contributed by atoms with van der Waals surface area (Å²) in [5.41, 5.74) is 0. The van der Waals surface area contributed by atoms with Crippen LogP contribution in [0.15, 0.2) is 12.8 Å². The molecular weight excluding hydrogens is 316 g/mol. The van der Waals surface area contributed by atoms with Crippen molar-refractivity contribution in [1.29, 1.82) is 0 Å². The van der Waals surface area contributed by atoms with Crippen LogP contribution in [-0.2, 0) is 17.7 Å². The highest BCUT2D eigenvalue weighted by molar-refractivity contribution is 6.87. The van der Waals surface area contributed by atoms with Crippen molar-refractivity contribution < 1.29 is 17.7 Å². The lowest BCUT2D eigenvalue weighted by atomic mass is 10.4. The van der Waals surface area contributed by atoms with Gasteiger partial charge in [-0.05, 0) is 58.3 Å². The van der Waals surface area contributed by atoms with Gasteiger partial charge in [-0.15, -0.1) is 0 Å². The van der Waals surface area contributed by atoms with Gasteiger partial charge < -0.3 is 17.7 Å². The molecule has 0 rings (SSSR count). The van der Waals surface area contributed by atoms with E-state index in [0.29, 0.717) is 6.79 Å². The van der Waals surface area contributed by atoms with Crippen LogP contribution in [-0.4, -0.2) is 38.6 Å². The zero-order valence-corrected chi connectivity index (χ0v) is 18.0. The molecule has 0 aliphatic heterocycles. The summed E-state index contributed by atoms with van der Waals surface area (Å²) < 4.78 is 23.0. The van der Waals surface area contributed by atoms with Crippen molar-refractivity contribution in [1.82, 2.24) is 0 Å². The molecular formula is C14H34O4Si3. The van der Waals surface area contributed by atoms with E-state index in [1.54, 1.807) is 0 Å². The van der Waals surface area contributed by atoms with Crippen molar-refractivity contribution in [2.45, 2.75) is 64.7 Å². The molecule has 0 saturated heterocycles. The molecule has 0 aromatic heterocycles. The quantitative estimate of drug-likeness (QED) is 0.222. The van der Waals surface area contributed by atoms with Gasteiger partial charge in [0.1, 0.15) is 0 Å². The monoisotopic (exact) mass is 350 g/mol. The van der Waals surface area contributed by atoms with Crippen LogP contribution in [0.3, 0.4) is 0 Å². The minimum Gasteiger partial charge on any atom is -0.476 e. The number of hydrogen-bond donors (Lipinski definition) is 0. The number of rotatable bonds is 12. The van der Waals surface area contributed by atoms with Gasteiger partial charge in [-0.25, -0.2) is 0 Å². The standard InChI is InChI=1S/C14H34O4Si3/c1-9-15-14-16-12-10-11-13-20(5,6)18-21(7,8)17-19(2,3)4/h9H,1,10-14H2,2-8H3. The van der Waals surface area contributed by atoms with E-state index in [-0.39, 0.29) is 0 Å². The molecule has 4 nitrogen and oxygen atoms in total. The van der Waals surface area contributed by atoms with E-state index in [4.69, 9.17) is 17.7 Å². The summed E-state index contributed by atoms with van der Waals surface area (Å²) in [4.78, 5) is 0. The highest BCUT2D eigenvalue weighted by atomic mass is 28.5. The average Bonchev–Trinajstić information content (AvgIpc) is 2.22.